The second-order valence-corrected chi connectivity index (χ2v) is 5.98. The number of rotatable bonds is 9. The first-order chi connectivity index (χ1) is 8.74. The van der Waals surface area contributed by atoms with Gasteiger partial charge < -0.3 is 5.32 Å². The SMILES string of the molecule is CSCCCCCCNC(C)c1cccc(C)c1. The van der Waals surface area contributed by atoms with Gasteiger partial charge in [0.2, 0.25) is 0 Å². The van der Waals surface area contributed by atoms with Crippen molar-refractivity contribution in [3.8, 4) is 0 Å². The molecular weight excluding hydrogens is 238 g/mol. The Bertz CT molecular complexity index is 325. The van der Waals surface area contributed by atoms with Crippen LogP contribution < -0.4 is 5.32 Å². The summed E-state index contributed by atoms with van der Waals surface area (Å²) < 4.78 is 0. The van der Waals surface area contributed by atoms with Gasteiger partial charge in [0.15, 0.2) is 0 Å². The van der Waals surface area contributed by atoms with Crippen molar-refractivity contribution < 1.29 is 0 Å². The number of hydrogen-bond acceptors (Lipinski definition) is 2. The lowest BCUT2D eigenvalue weighted by molar-refractivity contribution is 0.537. The minimum absolute atomic E-state index is 0.469. The molecule has 0 heterocycles. The fourth-order valence-electron chi connectivity index (χ4n) is 2.10. The summed E-state index contributed by atoms with van der Waals surface area (Å²) >= 11 is 1.95. The van der Waals surface area contributed by atoms with Gasteiger partial charge in [0, 0.05) is 6.04 Å². The van der Waals surface area contributed by atoms with Crippen LogP contribution >= 0.6 is 11.8 Å². The van der Waals surface area contributed by atoms with Gasteiger partial charge in [-0.3, -0.25) is 0 Å². The number of unbranched alkanes of at least 4 members (excludes halogenated alkanes) is 3. The van der Waals surface area contributed by atoms with Gasteiger partial charge in [0.1, 0.15) is 0 Å². The third-order valence-corrected chi connectivity index (χ3v) is 3.96. The number of aryl methyl sites for hydroxylation is 1. The van der Waals surface area contributed by atoms with Gasteiger partial charge in [0.05, 0.1) is 0 Å². The van der Waals surface area contributed by atoms with Crippen LogP contribution in [0.15, 0.2) is 24.3 Å². The minimum Gasteiger partial charge on any atom is -0.310 e. The van der Waals surface area contributed by atoms with Gasteiger partial charge in [0.25, 0.3) is 0 Å². The fraction of sp³-hybridized carbons (Fsp3) is 0.625. The van der Waals surface area contributed by atoms with Crippen LogP contribution in [0.5, 0.6) is 0 Å². The monoisotopic (exact) mass is 265 g/mol. The average Bonchev–Trinajstić information content (AvgIpc) is 2.37. The topological polar surface area (TPSA) is 12.0 Å². The van der Waals surface area contributed by atoms with E-state index >= 15 is 0 Å². The summed E-state index contributed by atoms with van der Waals surface area (Å²) in [5.41, 5.74) is 2.75. The van der Waals surface area contributed by atoms with Crippen molar-refractivity contribution in [1.82, 2.24) is 5.32 Å². The zero-order chi connectivity index (χ0) is 13.2. The largest absolute Gasteiger partial charge is 0.310 e. The standard InChI is InChI=1S/C16H27NS/c1-14-9-8-10-16(13-14)15(2)17-11-6-4-5-7-12-18-3/h8-10,13,15,17H,4-7,11-12H2,1-3H3. The minimum atomic E-state index is 0.469. The van der Waals surface area contributed by atoms with Crippen molar-refractivity contribution in [3.63, 3.8) is 0 Å². The quantitative estimate of drug-likeness (QED) is 0.656. The lowest BCUT2D eigenvalue weighted by Crippen LogP contribution is -2.19. The second kappa shape index (κ2) is 9.46. The van der Waals surface area contributed by atoms with Crippen molar-refractivity contribution in [2.45, 2.75) is 45.6 Å². The molecule has 0 aliphatic carbocycles. The summed E-state index contributed by atoms with van der Waals surface area (Å²) in [5.74, 6) is 1.31. The van der Waals surface area contributed by atoms with Gasteiger partial charge in [-0.15, -0.1) is 0 Å². The van der Waals surface area contributed by atoms with E-state index in [1.165, 1.54) is 42.6 Å². The van der Waals surface area contributed by atoms with Crippen LogP contribution in [0.1, 0.15) is 49.8 Å². The Morgan fingerprint density at radius 1 is 1.17 bits per heavy atom. The molecule has 0 fully saturated rings. The zero-order valence-electron chi connectivity index (χ0n) is 12.0. The molecule has 1 atom stereocenters. The third-order valence-electron chi connectivity index (χ3n) is 3.27. The Morgan fingerprint density at radius 3 is 2.67 bits per heavy atom. The number of nitrogens with one attached hydrogen (secondary N) is 1. The van der Waals surface area contributed by atoms with Gasteiger partial charge in [-0.2, -0.15) is 11.8 Å². The molecular formula is C16H27NS. The Hall–Kier alpha value is -0.470. The number of thioether (sulfide) groups is 1. The summed E-state index contributed by atoms with van der Waals surface area (Å²) in [6.45, 7) is 5.54. The lowest BCUT2D eigenvalue weighted by atomic mass is 10.1. The summed E-state index contributed by atoms with van der Waals surface area (Å²) in [6.07, 6.45) is 7.58. The molecule has 2 heteroatoms. The first-order valence-corrected chi connectivity index (χ1v) is 8.42. The predicted molar refractivity (Wildman–Crippen MR) is 84.4 cm³/mol. The summed E-state index contributed by atoms with van der Waals surface area (Å²) in [7, 11) is 0. The predicted octanol–water partition coefficient (Wildman–Crippen LogP) is 4.57. The summed E-state index contributed by atoms with van der Waals surface area (Å²) in [6, 6.07) is 9.25. The molecule has 1 aromatic carbocycles. The summed E-state index contributed by atoms with van der Waals surface area (Å²) in [5, 5.41) is 3.61. The van der Waals surface area contributed by atoms with Gasteiger partial charge in [-0.1, -0.05) is 42.7 Å². The zero-order valence-corrected chi connectivity index (χ0v) is 12.9. The van der Waals surface area contributed by atoms with Gasteiger partial charge in [-0.05, 0) is 50.8 Å². The number of benzene rings is 1. The molecule has 0 aliphatic rings. The molecule has 0 saturated heterocycles. The van der Waals surface area contributed by atoms with Crippen molar-refractivity contribution in [2.75, 3.05) is 18.6 Å². The van der Waals surface area contributed by atoms with E-state index in [9.17, 15) is 0 Å². The van der Waals surface area contributed by atoms with E-state index < -0.39 is 0 Å². The van der Waals surface area contributed by atoms with E-state index in [2.05, 4.69) is 49.7 Å². The van der Waals surface area contributed by atoms with Crippen molar-refractivity contribution in [3.05, 3.63) is 35.4 Å². The van der Waals surface area contributed by atoms with Gasteiger partial charge >= 0.3 is 0 Å². The van der Waals surface area contributed by atoms with Crippen molar-refractivity contribution in [2.24, 2.45) is 0 Å². The molecule has 1 nitrogen and oxygen atoms in total. The Morgan fingerprint density at radius 2 is 1.94 bits per heavy atom. The second-order valence-electron chi connectivity index (χ2n) is 5.00. The highest BCUT2D eigenvalue weighted by Crippen LogP contribution is 2.13. The lowest BCUT2D eigenvalue weighted by Gasteiger charge is -2.14. The molecule has 1 aromatic rings. The maximum absolute atomic E-state index is 3.61. The highest BCUT2D eigenvalue weighted by molar-refractivity contribution is 7.98. The normalized spacial score (nSPS) is 12.6. The average molecular weight is 265 g/mol. The van der Waals surface area contributed by atoms with E-state index in [0.29, 0.717) is 6.04 Å². The molecule has 0 aromatic heterocycles. The third kappa shape index (κ3) is 6.46. The van der Waals surface area contributed by atoms with Crippen LogP contribution in [0.4, 0.5) is 0 Å². The maximum atomic E-state index is 3.61. The van der Waals surface area contributed by atoms with Crippen molar-refractivity contribution >= 4 is 11.8 Å². The molecule has 1 rings (SSSR count). The Kier molecular flexibility index (Phi) is 8.19. The van der Waals surface area contributed by atoms with Crippen LogP contribution in [0.25, 0.3) is 0 Å². The van der Waals surface area contributed by atoms with E-state index in [4.69, 9.17) is 0 Å². The molecule has 18 heavy (non-hydrogen) atoms. The first kappa shape index (κ1) is 15.6. The van der Waals surface area contributed by atoms with Crippen molar-refractivity contribution in [1.29, 1.82) is 0 Å². The summed E-state index contributed by atoms with van der Waals surface area (Å²) in [4.78, 5) is 0. The molecule has 0 radical (unpaired) electrons. The van der Waals surface area contributed by atoms with Crippen LogP contribution in [-0.4, -0.2) is 18.6 Å². The molecule has 0 aliphatic heterocycles. The molecule has 0 bridgehead atoms. The van der Waals surface area contributed by atoms with Crippen LogP contribution in [0.3, 0.4) is 0 Å². The molecule has 102 valence electrons. The highest BCUT2D eigenvalue weighted by atomic mass is 32.2. The highest BCUT2D eigenvalue weighted by Gasteiger charge is 2.03. The molecule has 1 unspecified atom stereocenters. The van der Waals surface area contributed by atoms with Crippen LogP contribution in [-0.2, 0) is 0 Å². The van der Waals surface area contributed by atoms with E-state index in [1.54, 1.807) is 0 Å². The van der Waals surface area contributed by atoms with E-state index in [1.807, 2.05) is 11.8 Å². The first-order valence-electron chi connectivity index (χ1n) is 7.03. The van der Waals surface area contributed by atoms with Crippen LogP contribution in [0.2, 0.25) is 0 Å². The maximum Gasteiger partial charge on any atom is 0.0291 e. The Balaban J connectivity index is 2.12. The fourth-order valence-corrected chi connectivity index (χ4v) is 2.59. The molecule has 1 N–H and O–H groups in total. The number of hydrogen-bond donors (Lipinski definition) is 1. The van der Waals surface area contributed by atoms with E-state index in [-0.39, 0.29) is 0 Å². The van der Waals surface area contributed by atoms with Crippen LogP contribution in [0, 0.1) is 6.92 Å². The molecule has 0 amide bonds. The van der Waals surface area contributed by atoms with Gasteiger partial charge in [-0.25, -0.2) is 0 Å². The Labute approximate surface area is 117 Å². The smallest absolute Gasteiger partial charge is 0.0291 e. The molecule has 0 spiro atoms. The molecule has 0 saturated carbocycles. The van der Waals surface area contributed by atoms with E-state index in [0.717, 1.165) is 6.54 Å².